The van der Waals surface area contributed by atoms with E-state index in [0.29, 0.717) is 0 Å². The zero-order valence-electron chi connectivity index (χ0n) is 2.29. The van der Waals surface area contributed by atoms with Crippen molar-refractivity contribution in [1.29, 1.82) is 0 Å². The van der Waals surface area contributed by atoms with Gasteiger partial charge in [0.2, 0.25) is 0 Å². The molecule has 0 saturated carbocycles. The van der Waals surface area contributed by atoms with Crippen LogP contribution >= 0.6 is 0 Å². The maximum atomic E-state index is 7.33. The van der Waals surface area contributed by atoms with Gasteiger partial charge in [0.15, 0.2) is 17.4 Å². The second-order valence-electron chi connectivity index (χ2n) is 0.600. The van der Waals surface area contributed by atoms with Crippen LogP contribution in [0.1, 0.15) is 0 Å². The van der Waals surface area contributed by atoms with Crippen molar-refractivity contribution in [2.45, 2.75) is 0 Å². The summed E-state index contributed by atoms with van der Waals surface area (Å²) < 4.78 is 0. The van der Waals surface area contributed by atoms with Gasteiger partial charge in [0, 0.05) is 0 Å². The average molecular weight is 190 g/mol. The van der Waals surface area contributed by atoms with E-state index in [1.807, 2.05) is 0 Å². The molecule has 0 aromatic heterocycles. The Morgan fingerprint density at radius 3 is 0.889 bits per heavy atom. The fourth-order valence-corrected chi connectivity index (χ4v) is 0. The molecule has 0 aliphatic rings. The van der Waals surface area contributed by atoms with Crippen molar-refractivity contribution in [3.8, 4) is 0 Å². The summed E-state index contributed by atoms with van der Waals surface area (Å²) in [4.78, 5) is 29.3. The molecule has 0 heterocycles. The quantitative estimate of drug-likeness (QED) is 0.286. The zero-order valence-corrected chi connectivity index (χ0v) is 3.29. The molecule has 0 amide bonds. The zero-order chi connectivity index (χ0) is 4.50. The van der Waals surface area contributed by atoms with E-state index in [2.05, 4.69) is 0 Å². The van der Waals surface area contributed by atoms with Crippen LogP contribution in [0.3, 0.4) is 0 Å². The van der Waals surface area contributed by atoms with Crippen LogP contribution < -0.4 is 0 Å². The first-order chi connectivity index (χ1) is 2.00. The smallest absolute Gasteiger partial charge is 0.0149 e. The van der Waals surface area contributed by atoms with E-state index in [1.54, 1.807) is 0 Å². The molecule has 0 atom stereocenters. The number of hydrogen-bond acceptors (Lipinski definition) is 4. The third kappa shape index (κ3) is 127. The topological polar surface area (TPSA) is 80.9 Å². The van der Waals surface area contributed by atoms with Crippen LogP contribution in [0.25, 0.3) is 0 Å². The van der Waals surface area contributed by atoms with Gasteiger partial charge in [0.25, 0.3) is 0 Å². The molecular formula is H13AlLiNaO4Si2. The standard InChI is InChI=1S/Al.Li.Na.H4O4Si.H4Si.5H/c;;;1-5(2,3)4;;;;;;/h;;;1-4H;1H4;;;;;. The fraction of sp³-hybridized carbons (Fsp3) is 0. The van der Waals surface area contributed by atoms with Crippen LogP contribution in [-0.2, 0) is 0 Å². The van der Waals surface area contributed by atoms with E-state index in [-0.39, 0.29) is 76.7 Å². The summed E-state index contributed by atoms with van der Waals surface area (Å²) in [5.41, 5.74) is 0. The van der Waals surface area contributed by atoms with Crippen molar-refractivity contribution >= 4 is 85.8 Å². The summed E-state index contributed by atoms with van der Waals surface area (Å²) in [5, 5.41) is 0. The first-order valence-electron chi connectivity index (χ1n) is 0.894. The molecule has 0 unspecified atom stereocenters. The molecule has 0 aromatic carbocycles. The van der Waals surface area contributed by atoms with E-state index in [0.717, 1.165) is 0 Å². The summed E-state index contributed by atoms with van der Waals surface area (Å²) >= 11 is 0. The Morgan fingerprint density at radius 2 is 0.889 bits per heavy atom. The molecule has 0 rings (SSSR count). The molecule has 0 saturated heterocycles. The Labute approximate surface area is 104 Å². The third-order valence-corrected chi connectivity index (χ3v) is 0. The van der Waals surface area contributed by atoms with E-state index < -0.39 is 9.05 Å². The van der Waals surface area contributed by atoms with Crippen molar-refractivity contribution in [3.05, 3.63) is 0 Å². The molecule has 4 nitrogen and oxygen atoms in total. The van der Waals surface area contributed by atoms with Gasteiger partial charge in [-0.3, -0.25) is 0 Å². The first kappa shape index (κ1) is 30.1. The van der Waals surface area contributed by atoms with Crippen molar-refractivity contribution in [1.82, 2.24) is 0 Å². The summed E-state index contributed by atoms with van der Waals surface area (Å²) in [7, 11) is -4.61. The molecule has 0 fully saturated rings. The summed E-state index contributed by atoms with van der Waals surface area (Å²) in [6, 6.07) is 0. The Bertz CT molecular complexity index is 34.0. The summed E-state index contributed by atoms with van der Waals surface area (Å²) in [6.07, 6.45) is 0. The van der Waals surface area contributed by atoms with Crippen molar-refractivity contribution in [2.75, 3.05) is 0 Å². The Balaban J connectivity index is -0.0000000133. The van der Waals surface area contributed by atoms with Gasteiger partial charge in [-0.05, 0) is 11.0 Å². The van der Waals surface area contributed by atoms with Gasteiger partial charge in [-0.2, -0.15) is 0 Å². The molecule has 0 aliphatic heterocycles. The van der Waals surface area contributed by atoms with Gasteiger partial charge in [0.05, 0.1) is 0 Å². The molecule has 9 heavy (non-hydrogen) atoms. The molecule has 50 valence electrons. The SMILES string of the molecule is O[Si](O)(O)O.[AlH3].[LiH].[NaH].[SiH4]. The maximum Gasteiger partial charge on any atom is -0.0149 e. The normalized spacial score (nSPS) is 6.67. The predicted octanol–water partition coefficient (Wildman–Crippen LogP) is -6.54. The van der Waals surface area contributed by atoms with Gasteiger partial charge in [-0.25, -0.2) is 0 Å². The third-order valence-electron chi connectivity index (χ3n) is 0. The minimum Gasteiger partial charge on any atom is -0.0149 e. The van der Waals surface area contributed by atoms with Gasteiger partial charge in [0.1, 0.15) is 0 Å². The van der Waals surface area contributed by atoms with E-state index in [9.17, 15) is 0 Å². The molecular weight excluding hydrogens is 177 g/mol. The van der Waals surface area contributed by atoms with E-state index in [1.165, 1.54) is 0 Å². The molecule has 0 aromatic rings. The van der Waals surface area contributed by atoms with Crippen molar-refractivity contribution in [3.63, 3.8) is 0 Å². The Morgan fingerprint density at radius 1 is 0.889 bits per heavy atom. The predicted molar refractivity (Wildman–Crippen MR) is 50.2 cm³/mol. The van der Waals surface area contributed by atoms with Crippen LogP contribution in [0.15, 0.2) is 0 Å². The van der Waals surface area contributed by atoms with E-state index in [4.69, 9.17) is 19.2 Å². The van der Waals surface area contributed by atoms with Gasteiger partial charge in [-0.1, -0.05) is 0 Å². The molecule has 0 aliphatic carbocycles. The second-order valence-corrected chi connectivity index (χ2v) is 1.80. The molecule has 0 radical (unpaired) electrons. The first-order valence-corrected chi connectivity index (χ1v) is 2.68. The largest absolute Gasteiger partial charge is 0.0149 e. The van der Waals surface area contributed by atoms with Gasteiger partial charge >= 0.3 is 57.5 Å². The summed E-state index contributed by atoms with van der Waals surface area (Å²) in [6.45, 7) is 0. The molecule has 0 bridgehead atoms. The van der Waals surface area contributed by atoms with Crippen LogP contribution in [0.5, 0.6) is 0 Å². The molecule has 9 heteroatoms. The van der Waals surface area contributed by atoms with Crippen molar-refractivity contribution < 1.29 is 19.2 Å². The second kappa shape index (κ2) is 13.0. The van der Waals surface area contributed by atoms with Gasteiger partial charge in [-0.15, -0.1) is 0 Å². The minimum atomic E-state index is -4.61. The average Bonchev–Trinajstić information content (AvgIpc) is 0.722. The van der Waals surface area contributed by atoms with Crippen LogP contribution in [0.4, 0.5) is 0 Å². The fourth-order valence-electron chi connectivity index (χ4n) is 0. The maximum absolute atomic E-state index is 7.33. The minimum absolute atomic E-state index is 0. The van der Waals surface area contributed by atoms with Gasteiger partial charge < -0.3 is 19.2 Å². The number of hydrogen-bond donors (Lipinski definition) is 4. The van der Waals surface area contributed by atoms with Crippen molar-refractivity contribution in [2.24, 2.45) is 0 Å². The Hall–Kier alpha value is 2.40. The molecule has 4 N–H and O–H groups in total. The van der Waals surface area contributed by atoms with E-state index >= 15 is 0 Å². The van der Waals surface area contributed by atoms with Crippen LogP contribution in [0, 0.1) is 0 Å². The van der Waals surface area contributed by atoms with Crippen LogP contribution in [-0.4, -0.2) is 105 Å². The summed E-state index contributed by atoms with van der Waals surface area (Å²) in [5.74, 6) is 0. The monoisotopic (exact) mass is 190 g/mol. The van der Waals surface area contributed by atoms with Crippen LogP contribution in [0.2, 0.25) is 0 Å². The Kier molecular flexibility index (Phi) is 43.6. The number of rotatable bonds is 0. The molecule has 0 spiro atoms.